The maximum absolute atomic E-state index is 13.2. The van der Waals surface area contributed by atoms with Crippen molar-refractivity contribution in [3.63, 3.8) is 0 Å². The molecule has 1 aromatic heterocycles. The first kappa shape index (κ1) is 19.8. The maximum Gasteiger partial charge on any atom is 0.306 e. The molecule has 0 bridgehead atoms. The molecule has 6 heteroatoms. The van der Waals surface area contributed by atoms with Gasteiger partial charge in [-0.2, -0.15) is 0 Å². The summed E-state index contributed by atoms with van der Waals surface area (Å²) in [6.07, 6.45) is 0.776. The first-order valence-electron chi connectivity index (χ1n) is 8.89. The van der Waals surface area contributed by atoms with Gasteiger partial charge < -0.3 is 10.1 Å². The Morgan fingerprint density at radius 3 is 2.43 bits per heavy atom. The van der Waals surface area contributed by atoms with Gasteiger partial charge >= 0.3 is 5.97 Å². The van der Waals surface area contributed by atoms with Crippen molar-refractivity contribution >= 4 is 23.2 Å². The first-order chi connectivity index (χ1) is 13.6. The van der Waals surface area contributed by atoms with Crippen LogP contribution in [-0.4, -0.2) is 18.5 Å². The number of hydrogen-bond donors (Lipinski definition) is 1. The topological polar surface area (TPSA) is 55.4 Å². The molecule has 0 saturated heterocycles. The number of ether oxygens (including phenoxy) is 1. The standard InChI is InChI=1S/C22H20FNO3S/c23-18-11-9-17(10-12-18)22(19-7-4-14-28-19)24-20(25)15-27-21(26)13-8-16-5-2-1-3-6-16/h1-7,9-12,14,22H,8,13,15H2,(H,24,25)/t22-/m1/s1. The van der Waals surface area contributed by atoms with E-state index in [1.165, 1.54) is 23.5 Å². The van der Waals surface area contributed by atoms with E-state index in [9.17, 15) is 14.0 Å². The predicted octanol–water partition coefficient (Wildman–Crippen LogP) is 4.27. The second-order valence-electron chi connectivity index (χ2n) is 6.21. The number of nitrogens with one attached hydrogen (secondary N) is 1. The SMILES string of the molecule is O=C(COC(=O)CCc1ccccc1)N[C@H](c1ccc(F)cc1)c1cccs1. The summed E-state index contributed by atoms with van der Waals surface area (Å²) in [6, 6.07) is 18.9. The van der Waals surface area contributed by atoms with Gasteiger partial charge in [-0.15, -0.1) is 11.3 Å². The fourth-order valence-corrected chi connectivity index (χ4v) is 3.54. The number of aryl methyl sites for hydroxylation is 1. The molecule has 0 fully saturated rings. The van der Waals surface area contributed by atoms with Crippen LogP contribution in [0.25, 0.3) is 0 Å². The number of benzene rings is 2. The summed E-state index contributed by atoms with van der Waals surface area (Å²) in [5.74, 6) is -1.17. The van der Waals surface area contributed by atoms with Crippen molar-refractivity contribution in [2.24, 2.45) is 0 Å². The van der Waals surface area contributed by atoms with E-state index in [0.717, 1.165) is 16.0 Å². The Morgan fingerprint density at radius 1 is 1.00 bits per heavy atom. The summed E-state index contributed by atoms with van der Waals surface area (Å²) in [7, 11) is 0. The molecular weight excluding hydrogens is 377 g/mol. The predicted molar refractivity (Wildman–Crippen MR) is 106 cm³/mol. The monoisotopic (exact) mass is 397 g/mol. The summed E-state index contributed by atoms with van der Waals surface area (Å²) in [5, 5.41) is 4.76. The molecule has 28 heavy (non-hydrogen) atoms. The van der Waals surface area contributed by atoms with Crippen LogP contribution in [0.4, 0.5) is 4.39 Å². The molecule has 0 aliphatic heterocycles. The second-order valence-corrected chi connectivity index (χ2v) is 7.19. The van der Waals surface area contributed by atoms with Crippen molar-refractivity contribution in [1.82, 2.24) is 5.32 Å². The first-order valence-corrected chi connectivity index (χ1v) is 9.77. The van der Waals surface area contributed by atoms with E-state index in [1.54, 1.807) is 12.1 Å². The highest BCUT2D eigenvalue weighted by atomic mass is 32.1. The number of carbonyl (C=O) groups excluding carboxylic acids is 2. The molecule has 0 aliphatic carbocycles. The summed E-state index contributed by atoms with van der Waals surface area (Å²) >= 11 is 1.49. The van der Waals surface area contributed by atoms with Gasteiger partial charge in [-0.25, -0.2) is 4.39 Å². The third-order valence-electron chi connectivity index (χ3n) is 4.16. The lowest BCUT2D eigenvalue weighted by Crippen LogP contribution is -2.32. The number of hydrogen-bond acceptors (Lipinski definition) is 4. The Morgan fingerprint density at radius 2 is 1.75 bits per heavy atom. The minimum atomic E-state index is -0.423. The van der Waals surface area contributed by atoms with Crippen LogP contribution >= 0.6 is 11.3 Å². The lowest BCUT2D eigenvalue weighted by atomic mass is 10.1. The van der Waals surface area contributed by atoms with Gasteiger partial charge in [-0.05, 0) is 41.1 Å². The van der Waals surface area contributed by atoms with E-state index in [1.807, 2.05) is 47.8 Å². The fraction of sp³-hybridized carbons (Fsp3) is 0.182. The summed E-state index contributed by atoms with van der Waals surface area (Å²) in [6.45, 7) is -0.351. The molecule has 0 radical (unpaired) electrons. The lowest BCUT2D eigenvalue weighted by molar-refractivity contribution is -0.148. The molecule has 0 aliphatic rings. The smallest absolute Gasteiger partial charge is 0.306 e. The van der Waals surface area contributed by atoms with Gasteiger partial charge in [0.05, 0.1) is 6.04 Å². The Kier molecular flexibility index (Phi) is 6.92. The Balaban J connectivity index is 1.54. The van der Waals surface area contributed by atoms with Crippen molar-refractivity contribution in [1.29, 1.82) is 0 Å². The van der Waals surface area contributed by atoms with Crippen LogP contribution in [0.2, 0.25) is 0 Å². The van der Waals surface area contributed by atoms with Crippen LogP contribution in [0.5, 0.6) is 0 Å². The van der Waals surface area contributed by atoms with Crippen LogP contribution in [0.3, 0.4) is 0 Å². The average molecular weight is 397 g/mol. The zero-order valence-electron chi connectivity index (χ0n) is 15.1. The third-order valence-corrected chi connectivity index (χ3v) is 5.10. The number of esters is 1. The molecule has 0 saturated carbocycles. The Bertz CT molecular complexity index is 895. The lowest BCUT2D eigenvalue weighted by Gasteiger charge is -2.18. The molecule has 1 amide bonds. The van der Waals surface area contributed by atoms with Crippen LogP contribution in [0.1, 0.15) is 28.5 Å². The van der Waals surface area contributed by atoms with Crippen LogP contribution in [0, 0.1) is 5.82 Å². The molecule has 3 rings (SSSR count). The summed E-state index contributed by atoms with van der Waals surface area (Å²) in [5.41, 5.74) is 1.80. The van der Waals surface area contributed by atoms with Gasteiger partial charge in [-0.1, -0.05) is 48.5 Å². The van der Waals surface area contributed by atoms with Crippen LogP contribution < -0.4 is 5.32 Å². The quantitative estimate of drug-likeness (QED) is 0.578. The minimum absolute atomic E-state index is 0.212. The molecular formula is C22H20FNO3S. The van der Waals surface area contributed by atoms with Gasteiger partial charge in [0.15, 0.2) is 6.61 Å². The normalized spacial score (nSPS) is 11.6. The minimum Gasteiger partial charge on any atom is -0.456 e. The molecule has 0 spiro atoms. The molecule has 3 aromatic rings. The molecule has 2 aromatic carbocycles. The van der Waals surface area contributed by atoms with E-state index < -0.39 is 17.9 Å². The van der Waals surface area contributed by atoms with E-state index in [4.69, 9.17) is 4.74 Å². The average Bonchev–Trinajstić information content (AvgIpc) is 3.25. The molecule has 4 nitrogen and oxygen atoms in total. The van der Waals surface area contributed by atoms with Crippen LogP contribution in [0.15, 0.2) is 72.1 Å². The van der Waals surface area contributed by atoms with Gasteiger partial charge in [0.1, 0.15) is 5.82 Å². The highest BCUT2D eigenvalue weighted by Gasteiger charge is 2.19. The van der Waals surface area contributed by atoms with E-state index >= 15 is 0 Å². The van der Waals surface area contributed by atoms with E-state index in [2.05, 4.69) is 5.32 Å². The summed E-state index contributed by atoms with van der Waals surface area (Å²) in [4.78, 5) is 25.1. The fourth-order valence-electron chi connectivity index (χ4n) is 2.74. The molecule has 0 unspecified atom stereocenters. The van der Waals surface area contributed by atoms with Crippen molar-refractivity contribution in [2.45, 2.75) is 18.9 Å². The van der Waals surface area contributed by atoms with Gasteiger partial charge in [0.2, 0.25) is 0 Å². The van der Waals surface area contributed by atoms with Crippen molar-refractivity contribution in [3.05, 3.63) is 93.9 Å². The second kappa shape index (κ2) is 9.80. The molecule has 1 N–H and O–H groups in total. The maximum atomic E-state index is 13.2. The number of amides is 1. The van der Waals surface area contributed by atoms with E-state index in [0.29, 0.717) is 6.42 Å². The van der Waals surface area contributed by atoms with Crippen molar-refractivity contribution in [3.8, 4) is 0 Å². The highest BCUT2D eigenvalue weighted by molar-refractivity contribution is 7.10. The Hall–Kier alpha value is -2.99. The number of rotatable bonds is 8. The summed E-state index contributed by atoms with van der Waals surface area (Å²) < 4.78 is 18.3. The van der Waals surface area contributed by atoms with E-state index in [-0.39, 0.29) is 18.8 Å². The third kappa shape index (κ3) is 5.76. The zero-order chi connectivity index (χ0) is 19.8. The zero-order valence-corrected chi connectivity index (χ0v) is 16.0. The Labute approximate surface area is 167 Å². The van der Waals surface area contributed by atoms with Gasteiger partial charge in [0.25, 0.3) is 5.91 Å². The van der Waals surface area contributed by atoms with Gasteiger partial charge in [-0.3, -0.25) is 9.59 Å². The molecule has 1 atom stereocenters. The number of carbonyl (C=O) groups is 2. The largest absolute Gasteiger partial charge is 0.456 e. The number of thiophene rings is 1. The van der Waals surface area contributed by atoms with Crippen molar-refractivity contribution < 1.29 is 18.7 Å². The van der Waals surface area contributed by atoms with Crippen LogP contribution in [-0.2, 0) is 20.7 Å². The highest BCUT2D eigenvalue weighted by Crippen LogP contribution is 2.26. The number of halogens is 1. The molecule has 1 heterocycles. The van der Waals surface area contributed by atoms with Crippen molar-refractivity contribution in [2.75, 3.05) is 6.61 Å². The van der Waals surface area contributed by atoms with Gasteiger partial charge in [0, 0.05) is 11.3 Å². The molecule has 144 valence electrons.